The van der Waals surface area contributed by atoms with Crippen molar-refractivity contribution in [2.75, 3.05) is 0 Å². The van der Waals surface area contributed by atoms with E-state index in [9.17, 15) is 10.1 Å². The largest absolute Gasteiger partial charge is 0.342 e. The average Bonchev–Trinajstić information content (AvgIpc) is 2.86. The summed E-state index contributed by atoms with van der Waals surface area (Å²) >= 11 is 6.22. The molecule has 0 radical (unpaired) electrons. The molecular formula is C17H13ClN2O2. The van der Waals surface area contributed by atoms with Gasteiger partial charge in [0.25, 0.3) is 0 Å². The van der Waals surface area contributed by atoms with Crippen LogP contribution in [0.2, 0.25) is 5.02 Å². The second-order valence-electron chi connectivity index (χ2n) is 4.92. The molecule has 0 aliphatic heterocycles. The highest BCUT2D eigenvalue weighted by Gasteiger charge is 2.08. The number of para-hydroxylation sites is 1. The van der Waals surface area contributed by atoms with E-state index in [0.717, 1.165) is 28.2 Å². The van der Waals surface area contributed by atoms with E-state index in [1.807, 2.05) is 54.7 Å². The molecule has 0 N–H and O–H groups in total. The third-order valence-corrected chi connectivity index (χ3v) is 3.86. The lowest BCUT2D eigenvalue weighted by Gasteiger charge is -2.07. The fraction of sp³-hybridized carbons (Fsp3) is 0.0588. The maximum atomic E-state index is 10.5. The van der Waals surface area contributed by atoms with E-state index in [2.05, 4.69) is 4.57 Å². The van der Waals surface area contributed by atoms with Gasteiger partial charge in [0.2, 0.25) is 6.20 Å². The minimum absolute atomic E-state index is 0.458. The van der Waals surface area contributed by atoms with Gasteiger partial charge in [0, 0.05) is 40.3 Å². The molecule has 3 rings (SSSR count). The Morgan fingerprint density at radius 3 is 2.64 bits per heavy atom. The van der Waals surface area contributed by atoms with Gasteiger partial charge in [-0.15, -0.1) is 0 Å². The summed E-state index contributed by atoms with van der Waals surface area (Å²) in [7, 11) is 0. The van der Waals surface area contributed by atoms with Gasteiger partial charge in [-0.2, -0.15) is 0 Å². The molecule has 3 aromatic rings. The second kappa shape index (κ2) is 6.03. The molecule has 0 fully saturated rings. The van der Waals surface area contributed by atoms with Crippen LogP contribution in [0.3, 0.4) is 0 Å². The van der Waals surface area contributed by atoms with Crippen molar-refractivity contribution in [1.29, 1.82) is 0 Å². The number of nitro groups is 1. The summed E-state index contributed by atoms with van der Waals surface area (Å²) in [6.07, 6.45) is 4.39. The predicted octanol–water partition coefficient (Wildman–Crippen LogP) is 4.59. The fourth-order valence-electron chi connectivity index (χ4n) is 2.49. The van der Waals surface area contributed by atoms with E-state index in [-0.39, 0.29) is 0 Å². The highest BCUT2D eigenvalue weighted by atomic mass is 35.5. The first-order valence-corrected chi connectivity index (χ1v) is 7.16. The van der Waals surface area contributed by atoms with Gasteiger partial charge in [-0.05, 0) is 17.7 Å². The summed E-state index contributed by atoms with van der Waals surface area (Å²) in [5, 5.41) is 12.2. The zero-order valence-electron chi connectivity index (χ0n) is 11.6. The Kier molecular flexibility index (Phi) is 3.94. The van der Waals surface area contributed by atoms with Gasteiger partial charge in [-0.25, -0.2) is 0 Å². The zero-order valence-corrected chi connectivity index (χ0v) is 12.4. The molecule has 0 aliphatic carbocycles. The molecule has 0 bridgehead atoms. The van der Waals surface area contributed by atoms with Crippen LogP contribution >= 0.6 is 11.6 Å². The summed E-state index contributed by atoms with van der Waals surface area (Å²) in [4.78, 5) is 10.1. The van der Waals surface area contributed by atoms with Gasteiger partial charge in [0.05, 0.1) is 4.92 Å². The number of hydrogen-bond donors (Lipinski definition) is 0. The SMILES string of the molecule is O=[N+]([O-])/C=C\c1cn(Cc2ccccc2Cl)c2ccccc12. The van der Waals surface area contributed by atoms with E-state index in [1.54, 1.807) is 0 Å². The van der Waals surface area contributed by atoms with Crippen LogP contribution in [0.4, 0.5) is 0 Å². The molecule has 0 unspecified atom stereocenters. The minimum Gasteiger partial charge on any atom is -0.342 e. The molecule has 0 saturated carbocycles. The summed E-state index contributed by atoms with van der Waals surface area (Å²) in [6.45, 7) is 0.618. The Balaban J connectivity index is 2.07. The third-order valence-electron chi connectivity index (χ3n) is 3.49. The molecule has 0 atom stereocenters. The standard InChI is InChI=1S/C17H13ClN2O2/c18-16-7-3-1-5-14(16)12-19-11-13(9-10-20(21)22)15-6-2-4-8-17(15)19/h1-11H,12H2/b10-9-. The molecule has 0 saturated heterocycles. The van der Waals surface area contributed by atoms with Gasteiger partial charge < -0.3 is 4.57 Å². The van der Waals surface area contributed by atoms with Crippen LogP contribution in [0, 0.1) is 10.1 Å². The monoisotopic (exact) mass is 312 g/mol. The van der Waals surface area contributed by atoms with Crippen molar-refractivity contribution in [3.63, 3.8) is 0 Å². The number of fused-ring (bicyclic) bond motifs is 1. The molecule has 2 aromatic carbocycles. The maximum Gasteiger partial charge on any atom is 0.235 e. The number of hydrogen-bond acceptors (Lipinski definition) is 2. The van der Waals surface area contributed by atoms with Crippen molar-refractivity contribution >= 4 is 28.6 Å². The molecule has 0 amide bonds. The van der Waals surface area contributed by atoms with Crippen LogP contribution < -0.4 is 0 Å². The number of rotatable bonds is 4. The smallest absolute Gasteiger partial charge is 0.235 e. The molecule has 22 heavy (non-hydrogen) atoms. The van der Waals surface area contributed by atoms with Crippen LogP contribution in [-0.4, -0.2) is 9.49 Å². The Hall–Kier alpha value is -2.59. The Morgan fingerprint density at radius 2 is 1.86 bits per heavy atom. The zero-order chi connectivity index (χ0) is 15.5. The minimum atomic E-state index is -0.458. The molecule has 0 aliphatic rings. The lowest BCUT2D eigenvalue weighted by molar-refractivity contribution is -0.400. The second-order valence-corrected chi connectivity index (χ2v) is 5.33. The van der Waals surface area contributed by atoms with Crippen LogP contribution in [0.15, 0.2) is 60.9 Å². The molecule has 5 heteroatoms. The molecular weight excluding hydrogens is 300 g/mol. The van der Waals surface area contributed by atoms with Gasteiger partial charge in [0.1, 0.15) is 0 Å². The number of nitrogens with zero attached hydrogens (tertiary/aromatic N) is 2. The van der Waals surface area contributed by atoms with Crippen molar-refractivity contribution < 1.29 is 4.92 Å². The van der Waals surface area contributed by atoms with Crippen molar-refractivity contribution in [1.82, 2.24) is 4.57 Å². The van der Waals surface area contributed by atoms with Crippen LogP contribution in [0.5, 0.6) is 0 Å². The maximum absolute atomic E-state index is 10.5. The molecule has 1 heterocycles. The van der Waals surface area contributed by atoms with Crippen molar-refractivity contribution in [3.8, 4) is 0 Å². The summed E-state index contributed by atoms with van der Waals surface area (Å²) in [6, 6.07) is 15.5. The van der Waals surface area contributed by atoms with E-state index in [4.69, 9.17) is 11.6 Å². The summed E-state index contributed by atoms with van der Waals surface area (Å²) in [5.74, 6) is 0. The van der Waals surface area contributed by atoms with Crippen LogP contribution in [0.1, 0.15) is 11.1 Å². The predicted molar refractivity (Wildman–Crippen MR) is 88.5 cm³/mol. The number of aromatic nitrogens is 1. The van der Waals surface area contributed by atoms with Crippen molar-refractivity contribution in [3.05, 3.63) is 87.2 Å². The van der Waals surface area contributed by atoms with Gasteiger partial charge in [0.15, 0.2) is 0 Å². The summed E-state index contributed by atoms with van der Waals surface area (Å²) < 4.78 is 2.05. The van der Waals surface area contributed by atoms with Crippen LogP contribution in [-0.2, 0) is 6.54 Å². The molecule has 1 aromatic heterocycles. The highest BCUT2D eigenvalue weighted by molar-refractivity contribution is 6.31. The Morgan fingerprint density at radius 1 is 1.14 bits per heavy atom. The summed E-state index contributed by atoms with van der Waals surface area (Å²) in [5.41, 5.74) is 2.85. The first-order chi connectivity index (χ1) is 10.6. The molecule has 110 valence electrons. The first kappa shape index (κ1) is 14.4. The number of benzene rings is 2. The van der Waals surface area contributed by atoms with E-state index >= 15 is 0 Å². The lowest BCUT2D eigenvalue weighted by Crippen LogP contribution is -1.98. The highest BCUT2D eigenvalue weighted by Crippen LogP contribution is 2.25. The molecule has 0 spiro atoms. The van der Waals surface area contributed by atoms with Gasteiger partial charge in [-0.1, -0.05) is 48.0 Å². The Bertz CT molecular complexity index is 868. The van der Waals surface area contributed by atoms with Crippen molar-refractivity contribution in [2.45, 2.75) is 6.54 Å². The molecule has 4 nitrogen and oxygen atoms in total. The number of halogens is 1. The van der Waals surface area contributed by atoms with Crippen molar-refractivity contribution in [2.24, 2.45) is 0 Å². The lowest BCUT2D eigenvalue weighted by atomic mass is 10.2. The van der Waals surface area contributed by atoms with Gasteiger partial charge >= 0.3 is 0 Å². The van der Waals surface area contributed by atoms with Gasteiger partial charge in [-0.3, -0.25) is 10.1 Å². The quantitative estimate of drug-likeness (QED) is 0.522. The van der Waals surface area contributed by atoms with Crippen LogP contribution in [0.25, 0.3) is 17.0 Å². The topological polar surface area (TPSA) is 48.1 Å². The average molecular weight is 313 g/mol. The van der Waals surface area contributed by atoms with E-state index in [1.165, 1.54) is 6.08 Å². The van der Waals surface area contributed by atoms with E-state index in [0.29, 0.717) is 11.6 Å². The van der Waals surface area contributed by atoms with E-state index < -0.39 is 4.92 Å². The normalized spacial score (nSPS) is 11.3. The third kappa shape index (κ3) is 2.87. The Labute approximate surface area is 132 Å². The first-order valence-electron chi connectivity index (χ1n) is 6.78. The fourth-order valence-corrected chi connectivity index (χ4v) is 2.69.